The number of hydrogen-bond acceptors (Lipinski definition) is 7. The Balaban J connectivity index is 1.36. The quantitative estimate of drug-likeness (QED) is 0.246. The van der Waals surface area contributed by atoms with Crippen molar-refractivity contribution in [2.24, 2.45) is 13.0 Å². The molecular formula is C36H40N4O5. The lowest BCUT2D eigenvalue weighted by Crippen LogP contribution is -2.64. The number of esters is 1. The second-order valence-electron chi connectivity index (χ2n) is 13.8. The molecule has 9 heteroatoms. The number of likely N-dealkylation sites (N-methyl/N-ethyl adjacent to an activating group) is 1. The Morgan fingerprint density at radius 3 is 2.71 bits per heavy atom. The molecule has 3 aromatic heterocycles. The van der Waals surface area contributed by atoms with Crippen LogP contribution >= 0.6 is 0 Å². The fourth-order valence-electron chi connectivity index (χ4n) is 9.08. The van der Waals surface area contributed by atoms with Crippen LogP contribution in [0.5, 0.6) is 11.5 Å². The van der Waals surface area contributed by atoms with Gasteiger partial charge in [0.1, 0.15) is 12.2 Å². The number of ether oxygens (including phenoxy) is 2. The first-order chi connectivity index (χ1) is 21.5. The van der Waals surface area contributed by atoms with Gasteiger partial charge in [0.25, 0.3) is 0 Å². The van der Waals surface area contributed by atoms with E-state index in [4.69, 9.17) is 9.47 Å². The molecule has 5 heterocycles. The van der Waals surface area contributed by atoms with E-state index in [0.717, 1.165) is 58.5 Å². The molecule has 2 aliphatic heterocycles. The maximum Gasteiger partial charge on any atom is 0.338 e. The number of rotatable bonds is 5. The average molecular weight is 609 g/mol. The highest BCUT2D eigenvalue weighted by molar-refractivity contribution is 5.93. The van der Waals surface area contributed by atoms with Crippen molar-refractivity contribution < 1.29 is 24.5 Å². The maximum absolute atomic E-state index is 13.5. The number of carbonyl (C=O) groups excluding carboxylic acids is 1. The average Bonchev–Trinajstić information content (AvgIpc) is 3.70. The van der Waals surface area contributed by atoms with E-state index in [2.05, 4.69) is 46.7 Å². The third kappa shape index (κ3) is 3.80. The van der Waals surface area contributed by atoms with Gasteiger partial charge in [0.05, 0.1) is 17.4 Å². The number of nitrogens with zero attached hydrogens (tertiary/aromatic N) is 4. The van der Waals surface area contributed by atoms with Gasteiger partial charge in [0.2, 0.25) is 0 Å². The Labute approximate surface area is 262 Å². The first-order valence-corrected chi connectivity index (χ1v) is 16.0. The summed E-state index contributed by atoms with van der Waals surface area (Å²) in [6, 6.07) is 8.09. The third-order valence-electron chi connectivity index (χ3n) is 11.1. The number of hydrogen-bond donors (Lipinski definition) is 2. The molecule has 9 nitrogen and oxygen atoms in total. The Bertz CT molecular complexity index is 1920. The molecule has 0 amide bonds. The van der Waals surface area contributed by atoms with Crippen LogP contribution in [0, 0.1) is 12.8 Å². The summed E-state index contributed by atoms with van der Waals surface area (Å²) in [6.45, 7) is 8.77. The van der Waals surface area contributed by atoms with E-state index in [9.17, 15) is 15.0 Å². The number of phenolic OH excluding ortho intramolecular Hbond substituents is 1. The summed E-state index contributed by atoms with van der Waals surface area (Å²) in [6.07, 6.45) is 8.20. The van der Waals surface area contributed by atoms with Crippen molar-refractivity contribution in [3.05, 3.63) is 82.3 Å². The molecule has 45 heavy (non-hydrogen) atoms. The third-order valence-corrected chi connectivity index (χ3v) is 11.1. The molecule has 1 saturated heterocycles. The van der Waals surface area contributed by atoms with Gasteiger partial charge in [-0.05, 0) is 88.2 Å². The molecule has 1 unspecified atom stereocenters. The van der Waals surface area contributed by atoms with Gasteiger partial charge in [-0.1, -0.05) is 19.1 Å². The van der Waals surface area contributed by atoms with E-state index in [-0.39, 0.29) is 35.7 Å². The lowest BCUT2D eigenvalue weighted by molar-refractivity contribution is -0.0454. The monoisotopic (exact) mass is 608 g/mol. The summed E-state index contributed by atoms with van der Waals surface area (Å²) in [5.74, 6) is 0.278. The largest absolute Gasteiger partial charge is 0.504 e. The number of likely N-dealkylation sites (tertiary alicyclic amines) is 1. The molecule has 234 valence electrons. The minimum Gasteiger partial charge on any atom is -0.504 e. The number of aromatic hydroxyl groups is 1. The van der Waals surface area contributed by atoms with Crippen molar-refractivity contribution in [3.8, 4) is 22.8 Å². The van der Waals surface area contributed by atoms with Gasteiger partial charge in [0, 0.05) is 65.1 Å². The Hall–Kier alpha value is -4.08. The van der Waals surface area contributed by atoms with E-state index in [0.29, 0.717) is 11.3 Å². The van der Waals surface area contributed by atoms with Crippen molar-refractivity contribution in [3.63, 3.8) is 0 Å². The van der Waals surface area contributed by atoms with Crippen LogP contribution in [0.1, 0.15) is 71.4 Å². The molecule has 1 spiro atoms. The van der Waals surface area contributed by atoms with Gasteiger partial charge in [0.15, 0.2) is 11.5 Å². The minimum atomic E-state index is -0.736. The lowest BCUT2D eigenvalue weighted by atomic mass is 9.52. The Morgan fingerprint density at radius 1 is 1.18 bits per heavy atom. The van der Waals surface area contributed by atoms with Crippen molar-refractivity contribution in [1.82, 2.24) is 19.1 Å². The van der Waals surface area contributed by atoms with Crippen LogP contribution in [0.2, 0.25) is 0 Å². The molecule has 2 aliphatic carbocycles. The highest BCUT2D eigenvalue weighted by atomic mass is 16.5. The van der Waals surface area contributed by atoms with Crippen molar-refractivity contribution in [2.45, 2.75) is 76.2 Å². The minimum absolute atomic E-state index is 0.107. The van der Waals surface area contributed by atoms with Crippen molar-refractivity contribution >= 4 is 11.5 Å². The highest BCUT2D eigenvalue weighted by Gasteiger charge is 2.64. The number of benzene rings is 1. The van der Waals surface area contributed by atoms with E-state index in [1.807, 2.05) is 56.8 Å². The summed E-state index contributed by atoms with van der Waals surface area (Å²) in [4.78, 5) is 15.9. The van der Waals surface area contributed by atoms with Gasteiger partial charge < -0.3 is 29.0 Å². The number of aromatic nitrogens is 3. The van der Waals surface area contributed by atoms with Crippen molar-refractivity contribution in [1.29, 1.82) is 0 Å². The summed E-state index contributed by atoms with van der Waals surface area (Å²) in [5.41, 5.74) is 8.07. The fourth-order valence-corrected chi connectivity index (χ4v) is 9.08. The number of aryl methyl sites for hydroxylation is 1. The summed E-state index contributed by atoms with van der Waals surface area (Å²) in [7, 11) is 4.11. The van der Waals surface area contributed by atoms with Gasteiger partial charge in [-0.3, -0.25) is 4.68 Å². The normalized spacial score (nSPS) is 27.1. The molecule has 1 aromatic carbocycles. The molecule has 1 fully saturated rings. The molecule has 0 saturated carbocycles. The van der Waals surface area contributed by atoms with E-state index in [1.165, 1.54) is 5.56 Å². The predicted molar refractivity (Wildman–Crippen MR) is 170 cm³/mol. The zero-order chi connectivity index (χ0) is 31.5. The second-order valence-corrected chi connectivity index (χ2v) is 13.8. The molecule has 2 bridgehead atoms. The zero-order valence-electron chi connectivity index (χ0n) is 26.6. The fraction of sp³-hybridized carbons (Fsp3) is 0.444. The first kappa shape index (κ1) is 28.4. The first-order valence-electron chi connectivity index (χ1n) is 16.0. The van der Waals surface area contributed by atoms with Crippen LogP contribution in [0.4, 0.5) is 0 Å². The van der Waals surface area contributed by atoms with Crippen LogP contribution in [0.3, 0.4) is 0 Å². The molecule has 2 N–H and O–H groups in total. The molecular weight excluding hydrogens is 568 g/mol. The molecule has 4 aromatic rings. The summed E-state index contributed by atoms with van der Waals surface area (Å²) < 4.78 is 16.2. The van der Waals surface area contributed by atoms with E-state index in [1.54, 1.807) is 6.20 Å². The van der Waals surface area contributed by atoms with E-state index >= 15 is 0 Å². The molecule has 0 radical (unpaired) electrons. The number of phenols is 1. The van der Waals surface area contributed by atoms with Gasteiger partial charge >= 0.3 is 5.97 Å². The van der Waals surface area contributed by atoms with Crippen LogP contribution in [0.15, 0.2) is 48.8 Å². The number of aliphatic hydroxyl groups excluding tert-OH is 1. The van der Waals surface area contributed by atoms with Crippen LogP contribution in [0.25, 0.3) is 16.8 Å². The molecule has 6 atom stereocenters. The number of fused-ring (bicyclic) bond motifs is 1. The number of aliphatic hydroxyl groups is 1. The lowest BCUT2D eigenvalue weighted by Gasteiger charge is -2.56. The zero-order valence-corrected chi connectivity index (χ0v) is 26.6. The molecule has 8 rings (SSSR count). The van der Waals surface area contributed by atoms with Gasteiger partial charge in [-0.25, -0.2) is 4.79 Å². The van der Waals surface area contributed by atoms with E-state index < -0.39 is 17.6 Å². The number of piperidine rings is 1. The highest BCUT2D eigenvalue weighted by Crippen LogP contribution is 2.63. The SMILES string of the molecule is Cc1c(C(=O)OC(C)C)cc2cc(-c3ccnn3C)cn2c1C(C)c1cc(O)c2c3c1C[C@@H]1[C@@H]4C=C[C@H](O)[C@H](O2)[C@]34CCN1C. The number of carbonyl (C=O) groups is 1. The second kappa shape index (κ2) is 9.71. The summed E-state index contributed by atoms with van der Waals surface area (Å²) >= 11 is 0. The van der Waals surface area contributed by atoms with Crippen LogP contribution in [-0.2, 0) is 23.6 Å². The number of pyridine rings is 1. The molecule has 4 aliphatic rings. The topological polar surface area (TPSA) is 101 Å². The standard InChI is InChI=1S/C36H40N4O5/c1-18(2)44-35(43)24-14-22-13-21(27-9-11-37-39(27)6)17-40(22)32(20(24)4)19(3)23-16-30(42)33-31-25(23)15-28-26-7-8-29(41)34(45-33)36(26,31)10-12-38(28)5/h7-9,11,13-14,16-19,26,28-29,34,41-42H,10,12,15H2,1-6H3/t19?,26-,28+,29-,34-,36-/m0/s1. The Kier molecular flexibility index (Phi) is 6.13. The smallest absolute Gasteiger partial charge is 0.338 e. The van der Waals surface area contributed by atoms with Gasteiger partial charge in [-0.2, -0.15) is 5.10 Å². The van der Waals surface area contributed by atoms with Crippen LogP contribution < -0.4 is 4.74 Å². The maximum atomic E-state index is 13.5. The summed E-state index contributed by atoms with van der Waals surface area (Å²) in [5, 5.41) is 27.1. The van der Waals surface area contributed by atoms with Crippen molar-refractivity contribution in [2.75, 3.05) is 13.6 Å². The van der Waals surface area contributed by atoms with Crippen LogP contribution in [-0.4, -0.2) is 73.2 Å². The Morgan fingerprint density at radius 2 is 1.98 bits per heavy atom. The van der Waals surface area contributed by atoms with Gasteiger partial charge in [-0.15, -0.1) is 0 Å². The predicted octanol–water partition coefficient (Wildman–Crippen LogP) is 4.88.